The number of furan rings is 1. The molecule has 0 atom stereocenters. The highest BCUT2D eigenvalue weighted by atomic mass is 16.5. The fraction of sp³-hybridized carbons (Fsp3) is 0.167. The van der Waals surface area contributed by atoms with E-state index in [1.807, 2.05) is 0 Å². The van der Waals surface area contributed by atoms with E-state index in [4.69, 9.17) is 10.2 Å². The number of aldehydes is 1. The van der Waals surface area contributed by atoms with E-state index in [9.17, 15) is 4.79 Å². The molecule has 54 valence electrons. The molecule has 0 amide bonds. The molecule has 0 fully saturated rings. The summed E-state index contributed by atoms with van der Waals surface area (Å²) in [4.78, 5) is 10.1. The molecular formula is C6H6O4. The average Bonchev–Trinajstić information content (AvgIpc) is 2.17. The van der Waals surface area contributed by atoms with E-state index >= 15 is 0 Å². The molecule has 0 radical (unpaired) electrons. The van der Waals surface area contributed by atoms with Crippen LogP contribution >= 0.6 is 0 Å². The Morgan fingerprint density at radius 3 is 2.30 bits per heavy atom. The summed E-state index contributed by atoms with van der Waals surface area (Å²) in [6, 6.07) is 0. The molecule has 0 spiro atoms. The van der Waals surface area contributed by atoms with Crippen LogP contribution < -0.4 is 0 Å². The molecule has 0 unspecified atom stereocenters. The highest BCUT2D eigenvalue weighted by Gasteiger charge is 2.13. The van der Waals surface area contributed by atoms with Crippen LogP contribution in [0.3, 0.4) is 0 Å². The van der Waals surface area contributed by atoms with E-state index in [-0.39, 0.29) is 17.1 Å². The van der Waals surface area contributed by atoms with Gasteiger partial charge >= 0.3 is 5.95 Å². The first-order chi connectivity index (χ1) is 4.66. The van der Waals surface area contributed by atoms with Crippen LogP contribution in [-0.4, -0.2) is 16.5 Å². The molecule has 0 aliphatic heterocycles. The van der Waals surface area contributed by atoms with Gasteiger partial charge in [-0.1, -0.05) is 0 Å². The molecule has 1 aromatic rings. The van der Waals surface area contributed by atoms with Gasteiger partial charge in [-0.15, -0.1) is 0 Å². The smallest absolute Gasteiger partial charge is 0.326 e. The summed E-state index contributed by atoms with van der Waals surface area (Å²) in [7, 11) is 0. The molecule has 0 aliphatic rings. The Kier molecular flexibility index (Phi) is 1.37. The van der Waals surface area contributed by atoms with Gasteiger partial charge in [-0.3, -0.25) is 4.79 Å². The minimum atomic E-state index is -0.611. The molecule has 0 aromatic carbocycles. The molecule has 0 aliphatic carbocycles. The Morgan fingerprint density at radius 1 is 1.50 bits per heavy atom. The van der Waals surface area contributed by atoms with Gasteiger partial charge in [-0.25, -0.2) is 0 Å². The summed E-state index contributed by atoms with van der Waals surface area (Å²) in [5.74, 6) is -1.03. The maximum Gasteiger partial charge on any atom is 0.326 e. The van der Waals surface area contributed by atoms with Gasteiger partial charge < -0.3 is 14.6 Å². The Bertz CT molecular complexity index is 261. The van der Waals surface area contributed by atoms with Crippen molar-refractivity contribution in [3.8, 4) is 11.7 Å². The minimum Gasteiger partial charge on any atom is -0.502 e. The van der Waals surface area contributed by atoms with E-state index < -0.39 is 5.95 Å². The van der Waals surface area contributed by atoms with E-state index in [1.165, 1.54) is 6.92 Å². The second kappa shape index (κ2) is 2.06. The zero-order valence-corrected chi connectivity index (χ0v) is 5.29. The number of carbonyl (C=O) groups is 1. The number of rotatable bonds is 1. The van der Waals surface area contributed by atoms with Crippen LogP contribution in [0.1, 0.15) is 16.1 Å². The zero-order chi connectivity index (χ0) is 7.72. The van der Waals surface area contributed by atoms with Gasteiger partial charge in [-0.2, -0.15) is 0 Å². The monoisotopic (exact) mass is 142 g/mol. The molecule has 2 N–H and O–H groups in total. The topological polar surface area (TPSA) is 70.7 Å². The summed E-state index contributed by atoms with van der Waals surface area (Å²) in [5.41, 5.74) is 0.257. The molecule has 0 saturated heterocycles. The lowest BCUT2D eigenvalue weighted by atomic mass is 10.3. The first-order valence-electron chi connectivity index (χ1n) is 2.63. The molecular weight excluding hydrogens is 136 g/mol. The first-order valence-corrected chi connectivity index (χ1v) is 2.63. The fourth-order valence-corrected chi connectivity index (χ4v) is 0.619. The third-order valence-electron chi connectivity index (χ3n) is 1.24. The number of carbonyl (C=O) groups excluding carboxylic acids is 1. The normalized spacial score (nSPS) is 9.70. The van der Waals surface area contributed by atoms with Crippen LogP contribution in [0.4, 0.5) is 0 Å². The third-order valence-corrected chi connectivity index (χ3v) is 1.24. The first kappa shape index (κ1) is 6.67. The average molecular weight is 142 g/mol. The van der Waals surface area contributed by atoms with Crippen molar-refractivity contribution >= 4 is 6.29 Å². The van der Waals surface area contributed by atoms with Crippen LogP contribution in [-0.2, 0) is 0 Å². The van der Waals surface area contributed by atoms with E-state index in [0.29, 0.717) is 6.29 Å². The highest BCUT2D eigenvalue weighted by Crippen LogP contribution is 2.32. The van der Waals surface area contributed by atoms with Crippen LogP contribution in [0, 0.1) is 6.92 Å². The van der Waals surface area contributed by atoms with Gasteiger partial charge in [0.2, 0.25) is 5.75 Å². The summed E-state index contributed by atoms with van der Waals surface area (Å²) in [5, 5.41) is 17.5. The Balaban J connectivity index is 3.30. The largest absolute Gasteiger partial charge is 0.502 e. The zero-order valence-electron chi connectivity index (χ0n) is 5.29. The van der Waals surface area contributed by atoms with Crippen LogP contribution in [0.15, 0.2) is 4.42 Å². The molecule has 4 nitrogen and oxygen atoms in total. The van der Waals surface area contributed by atoms with Crippen LogP contribution in [0.25, 0.3) is 0 Å². The lowest BCUT2D eigenvalue weighted by Crippen LogP contribution is -1.75. The van der Waals surface area contributed by atoms with Crippen molar-refractivity contribution in [2.24, 2.45) is 0 Å². The SMILES string of the molecule is Cc1c(C=O)oc(O)c1O. The van der Waals surface area contributed by atoms with Gasteiger partial charge in [0.15, 0.2) is 12.0 Å². The van der Waals surface area contributed by atoms with Gasteiger partial charge in [0.05, 0.1) is 0 Å². The van der Waals surface area contributed by atoms with Crippen molar-refractivity contribution in [3.05, 3.63) is 11.3 Å². The predicted octanol–water partition coefficient (Wildman–Crippen LogP) is 0.812. The van der Waals surface area contributed by atoms with Crippen LogP contribution in [0.5, 0.6) is 11.7 Å². The molecule has 0 saturated carbocycles. The summed E-state index contributed by atoms with van der Waals surface area (Å²) in [6.07, 6.45) is 0.425. The van der Waals surface area contributed by atoms with E-state index in [1.54, 1.807) is 0 Å². The fourth-order valence-electron chi connectivity index (χ4n) is 0.619. The Hall–Kier alpha value is -1.45. The van der Waals surface area contributed by atoms with E-state index in [0.717, 1.165) is 0 Å². The second-order valence-electron chi connectivity index (χ2n) is 1.86. The maximum absolute atomic E-state index is 10.1. The van der Waals surface area contributed by atoms with Crippen molar-refractivity contribution in [2.75, 3.05) is 0 Å². The maximum atomic E-state index is 10.1. The Morgan fingerprint density at radius 2 is 2.10 bits per heavy atom. The highest BCUT2D eigenvalue weighted by molar-refractivity contribution is 5.75. The molecule has 1 heterocycles. The van der Waals surface area contributed by atoms with E-state index in [2.05, 4.69) is 4.42 Å². The number of hydrogen-bond donors (Lipinski definition) is 2. The molecule has 4 heteroatoms. The quantitative estimate of drug-likeness (QED) is 0.569. The summed E-state index contributed by atoms with van der Waals surface area (Å²) >= 11 is 0. The Labute approximate surface area is 56.7 Å². The second-order valence-corrected chi connectivity index (χ2v) is 1.86. The van der Waals surface area contributed by atoms with Gasteiger partial charge in [0, 0.05) is 5.56 Å². The number of hydrogen-bond acceptors (Lipinski definition) is 4. The summed E-state index contributed by atoms with van der Waals surface area (Å²) < 4.78 is 4.43. The third kappa shape index (κ3) is 0.737. The van der Waals surface area contributed by atoms with Crippen LogP contribution in [0.2, 0.25) is 0 Å². The molecule has 1 rings (SSSR count). The van der Waals surface area contributed by atoms with Gasteiger partial charge in [0.25, 0.3) is 0 Å². The van der Waals surface area contributed by atoms with Crippen molar-refractivity contribution in [2.45, 2.75) is 6.92 Å². The molecule has 0 bridgehead atoms. The van der Waals surface area contributed by atoms with Crippen molar-refractivity contribution in [3.63, 3.8) is 0 Å². The number of aromatic hydroxyl groups is 2. The molecule has 1 aromatic heterocycles. The van der Waals surface area contributed by atoms with Crippen molar-refractivity contribution < 1.29 is 19.4 Å². The molecule has 10 heavy (non-hydrogen) atoms. The minimum absolute atomic E-state index is 0.0463. The van der Waals surface area contributed by atoms with Crippen molar-refractivity contribution in [1.82, 2.24) is 0 Å². The standard InChI is InChI=1S/C6H6O4/c1-3-4(2-7)10-6(9)5(3)8/h2,8-9H,1H3. The van der Waals surface area contributed by atoms with Gasteiger partial charge in [0.1, 0.15) is 0 Å². The lowest BCUT2D eigenvalue weighted by Gasteiger charge is -1.82. The lowest BCUT2D eigenvalue weighted by molar-refractivity contribution is 0.109. The van der Waals surface area contributed by atoms with Gasteiger partial charge in [-0.05, 0) is 6.92 Å². The van der Waals surface area contributed by atoms with Crippen molar-refractivity contribution in [1.29, 1.82) is 0 Å². The summed E-state index contributed by atoms with van der Waals surface area (Å²) in [6.45, 7) is 1.47. The predicted molar refractivity (Wildman–Crippen MR) is 32.2 cm³/mol.